The molecule has 0 spiro atoms. The third-order valence-electron chi connectivity index (χ3n) is 3.68. The van der Waals surface area contributed by atoms with E-state index in [4.69, 9.17) is 0 Å². The number of aliphatic hydroxyl groups excluding tert-OH is 1. The van der Waals surface area contributed by atoms with Gasteiger partial charge in [-0.1, -0.05) is 0 Å². The molecule has 6 nitrogen and oxygen atoms in total. The average Bonchev–Trinajstić information content (AvgIpc) is 2.51. The summed E-state index contributed by atoms with van der Waals surface area (Å²) in [6, 6.07) is 7.29. The quantitative estimate of drug-likeness (QED) is 0.499. The topological polar surface area (TPSA) is 95.3 Å². The van der Waals surface area contributed by atoms with E-state index in [2.05, 4.69) is 15.3 Å². The van der Waals surface area contributed by atoms with E-state index in [1.54, 1.807) is 12.1 Å². The van der Waals surface area contributed by atoms with Gasteiger partial charge in [-0.3, -0.25) is 9.78 Å². The molecule has 0 aliphatic carbocycles. The van der Waals surface area contributed by atoms with Crippen LogP contribution in [0.4, 0.5) is 5.69 Å². The number of anilines is 1. The summed E-state index contributed by atoms with van der Waals surface area (Å²) in [4.78, 5) is 20.8. The van der Waals surface area contributed by atoms with Crippen molar-refractivity contribution in [3.8, 4) is 5.75 Å². The normalized spacial score (nSPS) is 12.5. The molecule has 1 amide bonds. The summed E-state index contributed by atoms with van der Waals surface area (Å²) >= 11 is 0. The van der Waals surface area contributed by atoms with Crippen molar-refractivity contribution in [2.75, 3.05) is 5.32 Å². The van der Waals surface area contributed by atoms with Crippen LogP contribution >= 0.6 is 0 Å². The molecule has 0 aliphatic heterocycles. The number of pyridine rings is 2. The molecule has 0 fully saturated rings. The molecule has 1 aromatic carbocycles. The van der Waals surface area contributed by atoms with Crippen LogP contribution in [0, 0.1) is 13.8 Å². The maximum Gasteiger partial charge on any atom is 0.253 e. The molecule has 6 heteroatoms. The fraction of sp³-hybridized carbons (Fsp3) is 0.235. The van der Waals surface area contributed by atoms with Gasteiger partial charge in [0.2, 0.25) is 0 Å². The van der Waals surface area contributed by atoms with Crippen molar-refractivity contribution in [3.05, 3.63) is 35.7 Å². The molecular formula is C17H17N3O3. The van der Waals surface area contributed by atoms with Crippen LogP contribution in [-0.4, -0.2) is 32.2 Å². The Morgan fingerprint density at radius 2 is 1.61 bits per heavy atom. The summed E-state index contributed by atoms with van der Waals surface area (Å²) < 4.78 is 0. The maximum absolute atomic E-state index is 11.9. The van der Waals surface area contributed by atoms with Gasteiger partial charge in [0.05, 0.1) is 11.2 Å². The van der Waals surface area contributed by atoms with Gasteiger partial charge in [-0.15, -0.1) is 0 Å². The number of phenols is 1. The second-order valence-electron chi connectivity index (χ2n) is 5.59. The second-order valence-corrected chi connectivity index (χ2v) is 5.59. The highest BCUT2D eigenvalue weighted by Crippen LogP contribution is 2.39. The Labute approximate surface area is 132 Å². The number of aryl methyl sites for hydroxylation is 2. The molecule has 2 heterocycles. The summed E-state index contributed by atoms with van der Waals surface area (Å²) in [7, 11) is 0. The number of carbonyl (C=O) groups is 1. The molecule has 0 aliphatic rings. The number of carbonyl (C=O) groups excluding carboxylic acids is 1. The van der Waals surface area contributed by atoms with Gasteiger partial charge < -0.3 is 15.5 Å². The number of nitrogens with one attached hydrogen (secondary N) is 1. The predicted octanol–water partition coefficient (Wildman–Crippen LogP) is 2.42. The lowest BCUT2D eigenvalue weighted by Crippen LogP contribution is -2.24. The van der Waals surface area contributed by atoms with E-state index < -0.39 is 12.0 Å². The van der Waals surface area contributed by atoms with E-state index in [1.807, 2.05) is 26.0 Å². The number of aromatic nitrogens is 2. The smallest absolute Gasteiger partial charge is 0.253 e. The molecule has 0 bridgehead atoms. The first-order valence-electron chi connectivity index (χ1n) is 7.27. The van der Waals surface area contributed by atoms with E-state index in [0.717, 1.165) is 11.4 Å². The SMILES string of the molecule is Cc1ccc2c(n1)c(O)c(NC(=O)C(C)O)c1ccc(C)nc12. The van der Waals surface area contributed by atoms with Crippen molar-refractivity contribution < 1.29 is 15.0 Å². The van der Waals surface area contributed by atoms with Crippen LogP contribution in [0.25, 0.3) is 21.8 Å². The van der Waals surface area contributed by atoms with Gasteiger partial charge in [0, 0.05) is 22.2 Å². The lowest BCUT2D eigenvalue weighted by Gasteiger charge is -2.15. The molecule has 2 aromatic heterocycles. The molecule has 0 saturated carbocycles. The first-order valence-corrected chi connectivity index (χ1v) is 7.27. The Morgan fingerprint density at radius 1 is 1.04 bits per heavy atom. The zero-order chi connectivity index (χ0) is 16.7. The fourth-order valence-electron chi connectivity index (χ4n) is 2.49. The largest absolute Gasteiger partial charge is 0.504 e. The van der Waals surface area contributed by atoms with Crippen molar-refractivity contribution in [2.45, 2.75) is 26.9 Å². The molecule has 118 valence electrons. The molecule has 3 N–H and O–H groups in total. The van der Waals surface area contributed by atoms with Gasteiger partial charge in [-0.2, -0.15) is 0 Å². The van der Waals surface area contributed by atoms with Crippen LogP contribution in [0.1, 0.15) is 18.3 Å². The Balaban J connectivity index is 2.40. The summed E-state index contributed by atoms with van der Waals surface area (Å²) in [5.41, 5.74) is 2.79. The van der Waals surface area contributed by atoms with Crippen LogP contribution in [0.5, 0.6) is 5.75 Å². The first-order chi connectivity index (χ1) is 10.9. The highest BCUT2D eigenvalue weighted by Gasteiger charge is 2.19. The lowest BCUT2D eigenvalue weighted by atomic mass is 10.1. The number of rotatable bonds is 2. The number of aliphatic hydroxyl groups is 1. The van der Waals surface area contributed by atoms with Crippen molar-refractivity contribution >= 4 is 33.4 Å². The maximum atomic E-state index is 11.9. The third kappa shape index (κ3) is 2.57. The van der Waals surface area contributed by atoms with Crippen LogP contribution in [-0.2, 0) is 4.79 Å². The van der Waals surface area contributed by atoms with E-state index in [9.17, 15) is 15.0 Å². The van der Waals surface area contributed by atoms with E-state index >= 15 is 0 Å². The standard InChI is InChI=1S/C17H17N3O3/c1-8-4-7-12-13(18-8)11-6-5-9(2)19-14(11)16(22)15(12)20-17(23)10(3)21/h4-7,10,21-22H,1-3H3,(H,20,23). The van der Waals surface area contributed by atoms with Crippen LogP contribution in [0.2, 0.25) is 0 Å². The lowest BCUT2D eigenvalue weighted by molar-refractivity contribution is -0.123. The average molecular weight is 311 g/mol. The van der Waals surface area contributed by atoms with Crippen LogP contribution in [0.3, 0.4) is 0 Å². The zero-order valence-electron chi connectivity index (χ0n) is 13.1. The van der Waals surface area contributed by atoms with Gasteiger partial charge in [-0.25, -0.2) is 4.98 Å². The molecule has 1 atom stereocenters. The number of nitrogens with zero attached hydrogens (tertiary/aromatic N) is 2. The number of fused-ring (bicyclic) bond motifs is 3. The van der Waals surface area contributed by atoms with Gasteiger partial charge in [0.25, 0.3) is 5.91 Å². The number of hydrogen-bond donors (Lipinski definition) is 3. The number of benzene rings is 1. The number of amides is 1. The highest BCUT2D eigenvalue weighted by atomic mass is 16.3. The van der Waals surface area contributed by atoms with Crippen molar-refractivity contribution in [1.29, 1.82) is 0 Å². The summed E-state index contributed by atoms with van der Waals surface area (Å²) in [5.74, 6) is -0.731. The summed E-state index contributed by atoms with van der Waals surface area (Å²) in [6.45, 7) is 5.05. The zero-order valence-corrected chi connectivity index (χ0v) is 13.1. The highest BCUT2D eigenvalue weighted by molar-refractivity contribution is 6.16. The minimum Gasteiger partial charge on any atom is -0.504 e. The van der Waals surface area contributed by atoms with Gasteiger partial charge in [-0.05, 0) is 45.0 Å². The third-order valence-corrected chi connectivity index (χ3v) is 3.68. The first kappa shape index (κ1) is 15.2. The summed E-state index contributed by atoms with van der Waals surface area (Å²) in [5, 5.41) is 23.9. The van der Waals surface area contributed by atoms with Crippen molar-refractivity contribution in [2.24, 2.45) is 0 Å². The van der Waals surface area contributed by atoms with Crippen LogP contribution in [0.15, 0.2) is 24.3 Å². The number of hydrogen-bond acceptors (Lipinski definition) is 5. The van der Waals surface area contributed by atoms with Gasteiger partial charge >= 0.3 is 0 Å². The monoisotopic (exact) mass is 311 g/mol. The molecule has 0 saturated heterocycles. The molecule has 1 unspecified atom stereocenters. The minimum atomic E-state index is -1.19. The Bertz CT molecular complexity index is 935. The van der Waals surface area contributed by atoms with Gasteiger partial charge in [0.15, 0.2) is 5.75 Å². The van der Waals surface area contributed by atoms with Gasteiger partial charge in [0.1, 0.15) is 11.6 Å². The Morgan fingerprint density at radius 3 is 2.22 bits per heavy atom. The molecular weight excluding hydrogens is 294 g/mol. The van der Waals surface area contributed by atoms with Crippen LogP contribution < -0.4 is 5.32 Å². The Kier molecular flexibility index (Phi) is 3.61. The van der Waals surface area contributed by atoms with Crippen molar-refractivity contribution in [1.82, 2.24) is 9.97 Å². The van der Waals surface area contributed by atoms with E-state index in [0.29, 0.717) is 21.8 Å². The Hall–Kier alpha value is -2.73. The van der Waals surface area contributed by atoms with Crippen molar-refractivity contribution in [3.63, 3.8) is 0 Å². The predicted molar refractivity (Wildman–Crippen MR) is 88.5 cm³/mol. The number of phenolic OH excluding ortho intramolecular Hbond substituents is 1. The molecule has 3 rings (SSSR count). The van der Waals surface area contributed by atoms with E-state index in [-0.39, 0.29) is 11.4 Å². The molecule has 23 heavy (non-hydrogen) atoms. The minimum absolute atomic E-state index is 0.129. The van der Waals surface area contributed by atoms with E-state index in [1.165, 1.54) is 6.92 Å². The molecule has 0 radical (unpaired) electrons. The summed E-state index contributed by atoms with van der Waals surface area (Å²) in [6.07, 6.45) is -1.19. The molecule has 3 aromatic rings. The second kappa shape index (κ2) is 5.48. The fourth-order valence-corrected chi connectivity index (χ4v) is 2.49. The number of aromatic hydroxyl groups is 1.